The molecule has 3 heterocycles. The van der Waals surface area contributed by atoms with Crippen LogP contribution in [0, 0.1) is 0 Å². The smallest absolute Gasteiger partial charge is 0.331 e. The Hall–Kier alpha value is -4.20. The minimum absolute atomic E-state index is 0.271. The van der Waals surface area contributed by atoms with E-state index < -0.39 is 5.97 Å². The molecule has 0 saturated carbocycles. The van der Waals surface area contributed by atoms with E-state index in [0.29, 0.717) is 28.3 Å². The van der Waals surface area contributed by atoms with Gasteiger partial charge in [-0.15, -0.1) is 0 Å². The highest BCUT2D eigenvalue weighted by molar-refractivity contribution is 5.97. The van der Waals surface area contributed by atoms with Crippen LogP contribution in [-0.4, -0.2) is 46.5 Å². The number of methoxy groups -OCH3 is 2. The zero-order valence-corrected chi connectivity index (χ0v) is 18.9. The van der Waals surface area contributed by atoms with Gasteiger partial charge in [0.1, 0.15) is 11.5 Å². The van der Waals surface area contributed by atoms with Gasteiger partial charge >= 0.3 is 5.97 Å². The number of rotatable bonds is 7. The Labute approximate surface area is 191 Å². The second-order valence-corrected chi connectivity index (χ2v) is 7.30. The molecule has 8 nitrogen and oxygen atoms in total. The van der Waals surface area contributed by atoms with Gasteiger partial charge in [0.15, 0.2) is 0 Å². The van der Waals surface area contributed by atoms with Crippen molar-refractivity contribution in [2.75, 3.05) is 20.8 Å². The molecule has 0 fully saturated rings. The van der Waals surface area contributed by atoms with Gasteiger partial charge in [-0.25, -0.2) is 4.79 Å². The maximum absolute atomic E-state index is 12.4. The van der Waals surface area contributed by atoms with E-state index in [1.54, 1.807) is 50.5 Å². The first kappa shape index (κ1) is 22.0. The molecule has 0 aliphatic heterocycles. The molecular weight excluding hydrogens is 420 g/mol. The molecule has 4 rings (SSSR count). The number of ether oxygens (including phenoxy) is 3. The molecule has 0 saturated heterocycles. The fourth-order valence-corrected chi connectivity index (χ4v) is 3.48. The molecule has 3 aromatic heterocycles. The maximum atomic E-state index is 12.4. The Balaban J connectivity index is 1.86. The molecule has 0 atom stereocenters. The van der Waals surface area contributed by atoms with E-state index in [1.165, 1.54) is 6.08 Å². The van der Waals surface area contributed by atoms with Crippen molar-refractivity contribution in [3.05, 3.63) is 72.5 Å². The number of pyridine rings is 2. The molecule has 168 valence electrons. The standard InChI is InChI=1S/C25H24N4O4/c1-5-33-25(30)11-22(16-7-20(31-3)10-21(8-16)32-4)23-9-17-6-18(12-26-24(17)14-27-23)19-13-28-29(2)15-19/h6-15H,5H2,1-4H3/b22-11-. The van der Waals surface area contributed by atoms with Crippen LogP contribution in [-0.2, 0) is 16.6 Å². The zero-order chi connectivity index (χ0) is 23.4. The molecule has 0 unspecified atom stereocenters. The number of carbonyl (C=O) groups is 1. The Morgan fingerprint density at radius 3 is 2.36 bits per heavy atom. The summed E-state index contributed by atoms with van der Waals surface area (Å²) in [6, 6.07) is 9.34. The number of aryl methyl sites for hydroxylation is 1. The molecule has 0 aliphatic rings. The summed E-state index contributed by atoms with van der Waals surface area (Å²) in [5, 5.41) is 5.11. The van der Waals surface area contributed by atoms with Crippen LogP contribution in [0.1, 0.15) is 18.2 Å². The van der Waals surface area contributed by atoms with Gasteiger partial charge < -0.3 is 14.2 Å². The third-order valence-electron chi connectivity index (χ3n) is 5.09. The third kappa shape index (κ3) is 4.85. The monoisotopic (exact) mass is 444 g/mol. The van der Waals surface area contributed by atoms with Crippen molar-refractivity contribution in [1.29, 1.82) is 0 Å². The van der Waals surface area contributed by atoms with Gasteiger partial charge in [-0.05, 0) is 36.8 Å². The lowest BCUT2D eigenvalue weighted by atomic mass is 9.99. The number of nitrogens with zero attached hydrogens (tertiary/aromatic N) is 4. The summed E-state index contributed by atoms with van der Waals surface area (Å²) in [5.74, 6) is 0.735. The minimum Gasteiger partial charge on any atom is -0.497 e. The number of fused-ring (bicyclic) bond motifs is 1. The molecule has 0 spiro atoms. The number of esters is 1. The zero-order valence-electron chi connectivity index (χ0n) is 18.9. The lowest BCUT2D eigenvalue weighted by Gasteiger charge is -2.12. The molecule has 0 N–H and O–H groups in total. The first-order valence-corrected chi connectivity index (χ1v) is 10.4. The summed E-state index contributed by atoms with van der Waals surface area (Å²) < 4.78 is 17.7. The molecule has 0 radical (unpaired) electrons. The summed E-state index contributed by atoms with van der Waals surface area (Å²) in [6.07, 6.45) is 8.64. The van der Waals surface area contributed by atoms with E-state index in [-0.39, 0.29) is 6.61 Å². The van der Waals surface area contributed by atoms with E-state index in [4.69, 9.17) is 14.2 Å². The van der Waals surface area contributed by atoms with Gasteiger partial charge in [-0.3, -0.25) is 14.6 Å². The van der Waals surface area contributed by atoms with E-state index in [1.807, 2.05) is 37.5 Å². The number of carbonyl (C=O) groups excluding carboxylic acids is 1. The van der Waals surface area contributed by atoms with Crippen LogP contribution in [0.3, 0.4) is 0 Å². The van der Waals surface area contributed by atoms with Gasteiger partial charge in [-0.2, -0.15) is 5.10 Å². The predicted octanol–water partition coefficient (Wildman–Crippen LogP) is 4.04. The van der Waals surface area contributed by atoms with Crippen LogP contribution in [0.5, 0.6) is 11.5 Å². The summed E-state index contributed by atoms with van der Waals surface area (Å²) in [6.45, 7) is 2.04. The largest absolute Gasteiger partial charge is 0.497 e. The lowest BCUT2D eigenvalue weighted by molar-refractivity contribution is -0.137. The quantitative estimate of drug-likeness (QED) is 0.314. The SMILES string of the molecule is CCOC(=O)/C=C(/c1cc(OC)cc(OC)c1)c1cc2cc(-c3cnn(C)c3)cnc2cn1. The first-order chi connectivity index (χ1) is 16.0. The molecule has 1 aromatic carbocycles. The highest BCUT2D eigenvalue weighted by Crippen LogP contribution is 2.32. The Morgan fingerprint density at radius 1 is 0.970 bits per heavy atom. The highest BCUT2D eigenvalue weighted by Gasteiger charge is 2.14. The molecule has 4 aromatic rings. The molecule has 0 aliphatic carbocycles. The number of hydrogen-bond acceptors (Lipinski definition) is 7. The topological polar surface area (TPSA) is 88.4 Å². The Bertz CT molecular complexity index is 1320. The van der Waals surface area contributed by atoms with Crippen LogP contribution in [0.25, 0.3) is 27.6 Å². The van der Waals surface area contributed by atoms with Crippen molar-refractivity contribution in [3.8, 4) is 22.6 Å². The van der Waals surface area contributed by atoms with Crippen molar-refractivity contribution in [2.45, 2.75) is 6.92 Å². The molecule has 0 bridgehead atoms. The number of benzene rings is 1. The highest BCUT2D eigenvalue weighted by atomic mass is 16.5. The summed E-state index contributed by atoms with van der Waals surface area (Å²) in [4.78, 5) is 21.5. The third-order valence-corrected chi connectivity index (χ3v) is 5.09. The molecule has 0 amide bonds. The van der Waals surface area contributed by atoms with Crippen LogP contribution in [0.4, 0.5) is 0 Å². The van der Waals surface area contributed by atoms with Crippen molar-refractivity contribution < 1.29 is 19.0 Å². The average Bonchev–Trinajstić information content (AvgIpc) is 3.27. The van der Waals surface area contributed by atoms with Crippen molar-refractivity contribution >= 4 is 22.4 Å². The summed E-state index contributed by atoms with van der Waals surface area (Å²) >= 11 is 0. The Morgan fingerprint density at radius 2 is 1.73 bits per heavy atom. The Kier molecular flexibility index (Phi) is 6.35. The van der Waals surface area contributed by atoms with Gasteiger partial charge in [0, 0.05) is 53.7 Å². The van der Waals surface area contributed by atoms with Crippen LogP contribution in [0.2, 0.25) is 0 Å². The molecular formula is C25H24N4O4. The van der Waals surface area contributed by atoms with Crippen LogP contribution >= 0.6 is 0 Å². The average molecular weight is 444 g/mol. The minimum atomic E-state index is -0.460. The normalized spacial score (nSPS) is 11.5. The predicted molar refractivity (Wildman–Crippen MR) is 125 cm³/mol. The van der Waals surface area contributed by atoms with Gasteiger partial charge in [0.2, 0.25) is 0 Å². The van der Waals surface area contributed by atoms with Crippen LogP contribution in [0.15, 0.2) is 61.2 Å². The van der Waals surface area contributed by atoms with Crippen molar-refractivity contribution in [1.82, 2.24) is 19.7 Å². The van der Waals surface area contributed by atoms with E-state index >= 15 is 0 Å². The van der Waals surface area contributed by atoms with Gasteiger partial charge in [0.05, 0.1) is 44.4 Å². The van der Waals surface area contributed by atoms with Gasteiger partial charge in [0.25, 0.3) is 0 Å². The van der Waals surface area contributed by atoms with E-state index in [9.17, 15) is 4.79 Å². The first-order valence-electron chi connectivity index (χ1n) is 10.4. The number of hydrogen-bond donors (Lipinski definition) is 0. The maximum Gasteiger partial charge on any atom is 0.331 e. The second-order valence-electron chi connectivity index (χ2n) is 7.30. The second kappa shape index (κ2) is 9.52. The summed E-state index contributed by atoms with van der Waals surface area (Å²) in [7, 11) is 5.02. The van der Waals surface area contributed by atoms with Gasteiger partial charge in [-0.1, -0.05) is 0 Å². The van der Waals surface area contributed by atoms with Crippen LogP contribution < -0.4 is 9.47 Å². The molecule has 8 heteroatoms. The fraction of sp³-hybridized carbons (Fsp3) is 0.200. The molecule has 33 heavy (non-hydrogen) atoms. The lowest BCUT2D eigenvalue weighted by Crippen LogP contribution is -2.03. The van der Waals surface area contributed by atoms with E-state index in [0.717, 1.165) is 22.0 Å². The van der Waals surface area contributed by atoms with E-state index in [2.05, 4.69) is 15.1 Å². The fourth-order valence-electron chi connectivity index (χ4n) is 3.48. The number of aromatic nitrogens is 4. The summed E-state index contributed by atoms with van der Waals surface area (Å²) in [5.41, 5.74) is 4.53. The van der Waals surface area contributed by atoms with Crippen molar-refractivity contribution in [2.24, 2.45) is 7.05 Å². The van der Waals surface area contributed by atoms with Crippen molar-refractivity contribution in [3.63, 3.8) is 0 Å².